The molecule has 26 heavy (non-hydrogen) atoms. The van der Waals surface area contributed by atoms with Crippen LogP contribution in [-0.2, 0) is 6.54 Å². The predicted octanol–water partition coefficient (Wildman–Crippen LogP) is 1.73. The number of aromatic nitrogens is 7. The van der Waals surface area contributed by atoms with Crippen LogP contribution < -0.4 is 5.32 Å². The summed E-state index contributed by atoms with van der Waals surface area (Å²) in [5, 5.41) is 24.6. The van der Waals surface area contributed by atoms with E-state index in [1.165, 1.54) is 19.3 Å². The Bertz CT molecular complexity index is 932. The summed E-state index contributed by atoms with van der Waals surface area (Å²) < 4.78 is 3.63. The Kier molecular flexibility index (Phi) is 3.43. The number of nitrogens with one attached hydrogen (secondary N) is 1. The van der Waals surface area contributed by atoms with Gasteiger partial charge in [0.05, 0.1) is 23.6 Å². The van der Waals surface area contributed by atoms with E-state index in [2.05, 4.69) is 57.1 Å². The first-order valence-corrected chi connectivity index (χ1v) is 9.11. The van der Waals surface area contributed by atoms with Crippen molar-refractivity contribution >= 4 is 0 Å². The van der Waals surface area contributed by atoms with E-state index >= 15 is 0 Å². The van der Waals surface area contributed by atoms with Crippen LogP contribution in [0.2, 0.25) is 0 Å². The maximum absolute atomic E-state index is 4.38. The van der Waals surface area contributed by atoms with Crippen LogP contribution in [0.1, 0.15) is 47.9 Å². The Labute approximate surface area is 151 Å². The molecule has 2 fully saturated rings. The fourth-order valence-electron chi connectivity index (χ4n) is 4.00. The van der Waals surface area contributed by atoms with Crippen molar-refractivity contribution in [3.63, 3.8) is 0 Å². The van der Waals surface area contributed by atoms with Crippen molar-refractivity contribution < 1.29 is 0 Å². The van der Waals surface area contributed by atoms with Crippen molar-refractivity contribution in [1.82, 2.24) is 40.5 Å². The quantitative estimate of drug-likeness (QED) is 0.771. The molecular weight excluding hydrogens is 328 g/mol. The van der Waals surface area contributed by atoms with E-state index in [1.54, 1.807) is 4.68 Å². The summed E-state index contributed by atoms with van der Waals surface area (Å²) in [4.78, 5) is 0. The van der Waals surface area contributed by atoms with Gasteiger partial charge in [-0.25, -0.2) is 4.68 Å². The lowest BCUT2D eigenvalue weighted by Crippen LogP contribution is -2.14. The summed E-state index contributed by atoms with van der Waals surface area (Å²) in [5.74, 6) is 0.747. The normalized spacial score (nSPS) is 20.8. The molecule has 2 aromatic heterocycles. The molecule has 1 spiro atoms. The summed E-state index contributed by atoms with van der Waals surface area (Å²) in [6.07, 6.45) is 5.87. The SMILES string of the molecule is Cc1cccc(C)c1-n1nnnc1Cn1cc(C2CC3(CC3)CN2)nn1. The van der Waals surface area contributed by atoms with Crippen LogP contribution in [0, 0.1) is 19.3 Å². The highest BCUT2D eigenvalue weighted by atomic mass is 15.6. The highest BCUT2D eigenvalue weighted by Gasteiger charge is 2.49. The largest absolute Gasteiger partial charge is 0.308 e. The molecule has 1 saturated carbocycles. The van der Waals surface area contributed by atoms with E-state index in [0.29, 0.717) is 18.0 Å². The lowest BCUT2D eigenvalue weighted by molar-refractivity contribution is 0.547. The Morgan fingerprint density at radius 2 is 1.96 bits per heavy atom. The fourth-order valence-corrected chi connectivity index (χ4v) is 4.00. The summed E-state index contributed by atoms with van der Waals surface area (Å²) in [5.41, 5.74) is 4.87. The monoisotopic (exact) mass is 350 g/mol. The Morgan fingerprint density at radius 1 is 1.15 bits per heavy atom. The Morgan fingerprint density at radius 3 is 2.69 bits per heavy atom. The average Bonchev–Trinajstić information content (AvgIpc) is 2.97. The van der Waals surface area contributed by atoms with Crippen molar-refractivity contribution in [2.75, 3.05) is 6.54 Å². The molecule has 1 N–H and O–H groups in total. The van der Waals surface area contributed by atoms with Crippen LogP contribution in [0.5, 0.6) is 0 Å². The van der Waals surface area contributed by atoms with Crippen LogP contribution in [0.15, 0.2) is 24.4 Å². The van der Waals surface area contributed by atoms with Gasteiger partial charge in [-0.2, -0.15) is 4.68 Å². The second-order valence-electron chi connectivity index (χ2n) is 7.73. The molecule has 8 heteroatoms. The van der Waals surface area contributed by atoms with Crippen molar-refractivity contribution in [3.8, 4) is 5.69 Å². The summed E-state index contributed by atoms with van der Waals surface area (Å²) in [6, 6.07) is 6.51. The minimum absolute atomic E-state index is 0.320. The molecule has 134 valence electrons. The van der Waals surface area contributed by atoms with Gasteiger partial charge in [0.25, 0.3) is 0 Å². The van der Waals surface area contributed by atoms with Gasteiger partial charge >= 0.3 is 0 Å². The van der Waals surface area contributed by atoms with E-state index < -0.39 is 0 Å². The molecule has 3 aromatic rings. The van der Waals surface area contributed by atoms with E-state index in [0.717, 1.165) is 34.9 Å². The van der Waals surface area contributed by atoms with E-state index in [-0.39, 0.29) is 0 Å². The third-order valence-corrected chi connectivity index (χ3v) is 5.72. The van der Waals surface area contributed by atoms with Crippen molar-refractivity contribution in [2.24, 2.45) is 5.41 Å². The molecule has 2 aliphatic rings. The number of para-hydroxylation sites is 1. The van der Waals surface area contributed by atoms with E-state index in [9.17, 15) is 0 Å². The second-order valence-corrected chi connectivity index (χ2v) is 7.73. The Hall–Kier alpha value is -2.61. The van der Waals surface area contributed by atoms with Gasteiger partial charge in [0.2, 0.25) is 0 Å². The van der Waals surface area contributed by atoms with Crippen LogP contribution in [0.25, 0.3) is 5.69 Å². The number of tetrazole rings is 1. The molecule has 1 saturated heterocycles. The minimum Gasteiger partial charge on any atom is -0.308 e. The molecule has 1 atom stereocenters. The number of hydrogen-bond donors (Lipinski definition) is 1. The summed E-state index contributed by atoms with van der Waals surface area (Å²) in [6.45, 7) is 5.74. The lowest BCUT2D eigenvalue weighted by atomic mass is 10.0. The topological polar surface area (TPSA) is 86.3 Å². The zero-order chi connectivity index (χ0) is 17.7. The number of rotatable bonds is 4. The fraction of sp³-hybridized carbons (Fsp3) is 0.500. The van der Waals surface area contributed by atoms with Crippen LogP contribution in [0.4, 0.5) is 0 Å². The molecule has 1 aliphatic heterocycles. The van der Waals surface area contributed by atoms with Gasteiger partial charge in [0.1, 0.15) is 6.54 Å². The highest BCUT2D eigenvalue weighted by molar-refractivity contribution is 5.46. The molecule has 1 aromatic carbocycles. The second kappa shape index (κ2) is 5.70. The van der Waals surface area contributed by atoms with Gasteiger partial charge in [-0.15, -0.1) is 10.2 Å². The standard InChI is InChI=1S/C18H22N8/c1-12-4-3-5-13(2)17(12)26-16(21-22-24-26)10-25-9-15(20-23-25)14-8-18(6-7-18)11-19-14/h3-5,9,14,19H,6-8,10-11H2,1-2H3. The third-order valence-electron chi connectivity index (χ3n) is 5.72. The van der Waals surface area contributed by atoms with Crippen molar-refractivity contribution in [1.29, 1.82) is 0 Å². The first-order chi connectivity index (χ1) is 12.6. The van der Waals surface area contributed by atoms with Crippen molar-refractivity contribution in [3.05, 3.63) is 47.0 Å². The van der Waals surface area contributed by atoms with E-state index in [1.807, 2.05) is 16.9 Å². The third kappa shape index (κ3) is 2.61. The van der Waals surface area contributed by atoms with Crippen LogP contribution >= 0.6 is 0 Å². The molecule has 3 heterocycles. The first-order valence-electron chi connectivity index (χ1n) is 9.11. The molecular formula is C18H22N8. The molecule has 1 unspecified atom stereocenters. The molecule has 0 radical (unpaired) electrons. The van der Waals surface area contributed by atoms with Gasteiger partial charge < -0.3 is 5.32 Å². The average molecular weight is 350 g/mol. The zero-order valence-corrected chi connectivity index (χ0v) is 15.1. The minimum atomic E-state index is 0.320. The number of hydrogen-bond acceptors (Lipinski definition) is 6. The van der Waals surface area contributed by atoms with Gasteiger partial charge in [0.15, 0.2) is 5.82 Å². The molecule has 0 bridgehead atoms. The Balaban J connectivity index is 1.39. The maximum Gasteiger partial charge on any atom is 0.178 e. The predicted molar refractivity (Wildman–Crippen MR) is 94.8 cm³/mol. The number of benzene rings is 1. The highest BCUT2D eigenvalue weighted by Crippen LogP contribution is 2.54. The van der Waals surface area contributed by atoms with E-state index in [4.69, 9.17) is 0 Å². The van der Waals surface area contributed by atoms with Crippen LogP contribution in [-0.4, -0.2) is 41.7 Å². The van der Waals surface area contributed by atoms with Gasteiger partial charge in [-0.1, -0.05) is 23.4 Å². The van der Waals surface area contributed by atoms with Gasteiger partial charge in [-0.3, -0.25) is 0 Å². The molecule has 5 rings (SSSR count). The number of aryl methyl sites for hydroxylation is 2. The lowest BCUT2D eigenvalue weighted by Gasteiger charge is -2.10. The van der Waals surface area contributed by atoms with Gasteiger partial charge in [0, 0.05) is 6.54 Å². The van der Waals surface area contributed by atoms with Gasteiger partial charge in [-0.05, 0) is 60.1 Å². The van der Waals surface area contributed by atoms with Crippen molar-refractivity contribution in [2.45, 2.75) is 45.7 Å². The molecule has 1 aliphatic carbocycles. The summed E-state index contributed by atoms with van der Waals surface area (Å²) in [7, 11) is 0. The molecule has 8 nitrogen and oxygen atoms in total. The maximum atomic E-state index is 4.38. The smallest absolute Gasteiger partial charge is 0.178 e. The molecule has 0 amide bonds. The first kappa shape index (κ1) is 15.6. The zero-order valence-electron chi connectivity index (χ0n) is 15.1. The number of nitrogens with zero attached hydrogens (tertiary/aromatic N) is 7. The summed E-state index contributed by atoms with van der Waals surface area (Å²) >= 11 is 0. The van der Waals surface area contributed by atoms with Crippen LogP contribution in [0.3, 0.4) is 0 Å².